The molecule has 0 atom stereocenters. The van der Waals surface area contributed by atoms with Crippen molar-refractivity contribution >= 4 is 34.1 Å². The van der Waals surface area contributed by atoms with Crippen LogP contribution in [-0.2, 0) is 0 Å². The SMILES string of the molecule is c1ccc(-c2cccc(-c3ccccc3N(c3ccccc3)c3ccccc3)c2N(c2ccccc2)c2ccccc2)cc1. The zero-order valence-electron chi connectivity index (χ0n) is 24.4. The summed E-state index contributed by atoms with van der Waals surface area (Å²) in [5.74, 6) is 0. The van der Waals surface area contributed by atoms with Crippen LogP contribution in [0, 0.1) is 0 Å². The van der Waals surface area contributed by atoms with Crippen LogP contribution in [0.1, 0.15) is 0 Å². The van der Waals surface area contributed by atoms with E-state index in [1.54, 1.807) is 0 Å². The molecule has 0 spiro atoms. The molecule has 0 radical (unpaired) electrons. The van der Waals surface area contributed by atoms with E-state index in [0.717, 1.165) is 50.8 Å². The van der Waals surface area contributed by atoms with Crippen LogP contribution in [0.25, 0.3) is 22.3 Å². The third-order valence-corrected chi connectivity index (χ3v) is 7.84. The van der Waals surface area contributed by atoms with Crippen molar-refractivity contribution < 1.29 is 0 Å². The van der Waals surface area contributed by atoms with Gasteiger partial charge in [-0.1, -0.05) is 140 Å². The quantitative estimate of drug-likeness (QED) is 0.181. The second kappa shape index (κ2) is 12.6. The van der Waals surface area contributed by atoms with Crippen molar-refractivity contribution in [3.05, 3.63) is 194 Å². The topological polar surface area (TPSA) is 6.48 Å². The third kappa shape index (κ3) is 5.37. The number of rotatable bonds is 8. The Balaban J connectivity index is 1.54. The van der Waals surface area contributed by atoms with Gasteiger partial charge in [0.15, 0.2) is 0 Å². The fourth-order valence-corrected chi connectivity index (χ4v) is 5.89. The van der Waals surface area contributed by atoms with E-state index in [1.165, 1.54) is 5.56 Å². The summed E-state index contributed by atoms with van der Waals surface area (Å²) in [6.45, 7) is 0. The van der Waals surface area contributed by atoms with Gasteiger partial charge in [-0.3, -0.25) is 0 Å². The van der Waals surface area contributed by atoms with Crippen LogP contribution in [0.15, 0.2) is 194 Å². The van der Waals surface area contributed by atoms with Gasteiger partial charge in [-0.25, -0.2) is 0 Å². The fourth-order valence-electron chi connectivity index (χ4n) is 5.89. The van der Waals surface area contributed by atoms with E-state index in [1.807, 2.05) is 0 Å². The zero-order valence-corrected chi connectivity index (χ0v) is 24.4. The monoisotopic (exact) mass is 564 g/mol. The van der Waals surface area contributed by atoms with Gasteiger partial charge in [0.25, 0.3) is 0 Å². The number of para-hydroxylation sites is 6. The van der Waals surface area contributed by atoms with Crippen LogP contribution in [0.4, 0.5) is 34.1 Å². The first-order valence-electron chi connectivity index (χ1n) is 15.0. The molecule has 0 bridgehead atoms. The minimum atomic E-state index is 1.10. The molecule has 44 heavy (non-hydrogen) atoms. The smallest absolute Gasteiger partial charge is 0.0619 e. The van der Waals surface area contributed by atoms with Crippen molar-refractivity contribution in [1.82, 2.24) is 0 Å². The molecule has 0 fully saturated rings. The first kappa shape index (κ1) is 27.0. The summed E-state index contributed by atoms with van der Waals surface area (Å²) in [4.78, 5) is 4.74. The minimum Gasteiger partial charge on any atom is -0.310 e. The predicted octanol–water partition coefficient (Wildman–Crippen LogP) is 12.0. The average Bonchev–Trinajstić information content (AvgIpc) is 3.11. The molecule has 7 rings (SSSR count). The Morgan fingerprint density at radius 1 is 0.250 bits per heavy atom. The maximum atomic E-state index is 2.39. The van der Waals surface area contributed by atoms with Gasteiger partial charge in [0.2, 0.25) is 0 Å². The number of hydrogen-bond donors (Lipinski definition) is 0. The van der Waals surface area contributed by atoms with E-state index in [0.29, 0.717) is 0 Å². The number of nitrogens with zero attached hydrogens (tertiary/aromatic N) is 2. The van der Waals surface area contributed by atoms with Gasteiger partial charge in [0.1, 0.15) is 0 Å². The second-order valence-corrected chi connectivity index (χ2v) is 10.6. The van der Waals surface area contributed by atoms with Gasteiger partial charge in [0, 0.05) is 39.4 Å². The highest BCUT2D eigenvalue weighted by Crippen LogP contribution is 2.49. The average molecular weight is 565 g/mol. The molecule has 0 heterocycles. The van der Waals surface area contributed by atoms with Gasteiger partial charge in [-0.2, -0.15) is 0 Å². The molecule has 2 nitrogen and oxygen atoms in total. The minimum absolute atomic E-state index is 1.10. The van der Waals surface area contributed by atoms with Gasteiger partial charge in [-0.05, 0) is 60.2 Å². The van der Waals surface area contributed by atoms with Crippen LogP contribution >= 0.6 is 0 Å². The Morgan fingerprint density at radius 2 is 0.614 bits per heavy atom. The van der Waals surface area contributed by atoms with E-state index >= 15 is 0 Å². The summed E-state index contributed by atoms with van der Waals surface area (Å²) in [5.41, 5.74) is 11.3. The van der Waals surface area contributed by atoms with Crippen molar-refractivity contribution in [2.75, 3.05) is 9.80 Å². The van der Waals surface area contributed by atoms with Gasteiger partial charge in [-0.15, -0.1) is 0 Å². The second-order valence-electron chi connectivity index (χ2n) is 10.6. The molecule has 0 aliphatic heterocycles. The van der Waals surface area contributed by atoms with Crippen molar-refractivity contribution in [1.29, 1.82) is 0 Å². The molecule has 0 aliphatic rings. The van der Waals surface area contributed by atoms with Crippen LogP contribution in [0.5, 0.6) is 0 Å². The normalized spacial score (nSPS) is 10.7. The molecule has 0 saturated carbocycles. The molecule has 0 N–H and O–H groups in total. The summed E-state index contributed by atoms with van der Waals surface area (Å²) < 4.78 is 0. The summed E-state index contributed by atoms with van der Waals surface area (Å²) >= 11 is 0. The zero-order chi connectivity index (χ0) is 29.6. The Bertz CT molecular complexity index is 1860. The number of benzene rings is 7. The molecule has 2 heteroatoms. The van der Waals surface area contributed by atoms with Gasteiger partial charge in [0.05, 0.1) is 11.4 Å². The first-order valence-corrected chi connectivity index (χ1v) is 15.0. The summed E-state index contributed by atoms with van der Waals surface area (Å²) in [7, 11) is 0. The van der Waals surface area contributed by atoms with E-state index in [4.69, 9.17) is 0 Å². The predicted molar refractivity (Wildman–Crippen MR) is 187 cm³/mol. The molecule has 7 aromatic rings. The van der Waals surface area contributed by atoms with Crippen LogP contribution in [0.2, 0.25) is 0 Å². The lowest BCUT2D eigenvalue weighted by Gasteiger charge is -2.32. The summed E-state index contributed by atoms with van der Waals surface area (Å²) in [6, 6.07) is 68.7. The van der Waals surface area contributed by atoms with E-state index in [-0.39, 0.29) is 0 Å². The Morgan fingerprint density at radius 3 is 1.11 bits per heavy atom. The molecule has 0 aliphatic carbocycles. The van der Waals surface area contributed by atoms with E-state index < -0.39 is 0 Å². The molecule has 0 aromatic heterocycles. The highest BCUT2D eigenvalue weighted by molar-refractivity contribution is 6.01. The van der Waals surface area contributed by atoms with Crippen molar-refractivity contribution in [2.45, 2.75) is 0 Å². The maximum absolute atomic E-state index is 2.39. The molecule has 0 unspecified atom stereocenters. The Kier molecular flexibility index (Phi) is 7.71. The fraction of sp³-hybridized carbons (Fsp3) is 0. The molecule has 0 amide bonds. The lowest BCUT2D eigenvalue weighted by Crippen LogP contribution is -2.14. The van der Waals surface area contributed by atoms with Crippen LogP contribution in [-0.4, -0.2) is 0 Å². The summed E-state index contributed by atoms with van der Waals surface area (Å²) in [6.07, 6.45) is 0. The van der Waals surface area contributed by atoms with Crippen molar-refractivity contribution in [2.24, 2.45) is 0 Å². The molecular formula is C42H32N2. The lowest BCUT2D eigenvalue weighted by atomic mass is 9.93. The maximum Gasteiger partial charge on any atom is 0.0619 e. The van der Waals surface area contributed by atoms with Crippen molar-refractivity contribution in [3.63, 3.8) is 0 Å². The molecule has 210 valence electrons. The van der Waals surface area contributed by atoms with E-state index in [2.05, 4.69) is 204 Å². The van der Waals surface area contributed by atoms with Gasteiger partial charge >= 0.3 is 0 Å². The van der Waals surface area contributed by atoms with Crippen molar-refractivity contribution in [3.8, 4) is 22.3 Å². The molecule has 7 aromatic carbocycles. The Hall–Kier alpha value is -5.86. The molecular weight excluding hydrogens is 532 g/mol. The molecule has 0 saturated heterocycles. The highest BCUT2D eigenvalue weighted by Gasteiger charge is 2.24. The largest absolute Gasteiger partial charge is 0.310 e. The third-order valence-electron chi connectivity index (χ3n) is 7.84. The number of anilines is 6. The first-order chi connectivity index (χ1) is 21.9. The standard InChI is InChI=1S/C42H32N2/c1-6-19-33(20-7-1)38-30-18-31-40(42(38)44(36-25-12-4-13-26-36)37-27-14-5-15-28-37)39-29-16-17-32-41(39)43(34-21-8-2-9-22-34)35-23-10-3-11-24-35/h1-32H. The highest BCUT2D eigenvalue weighted by atomic mass is 15.2. The summed E-state index contributed by atoms with van der Waals surface area (Å²) in [5, 5.41) is 0. The van der Waals surface area contributed by atoms with Crippen LogP contribution in [0.3, 0.4) is 0 Å². The Labute approximate surface area is 259 Å². The number of hydrogen-bond acceptors (Lipinski definition) is 2. The van der Waals surface area contributed by atoms with E-state index in [9.17, 15) is 0 Å². The van der Waals surface area contributed by atoms with Crippen LogP contribution < -0.4 is 9.80 Å². The van der Waals surface area contributed by atoms with Gasteiger partial charge < -0.3 is 9.80 Å². The lowest BCUT2D eigenvalue weighted by molar-refractivity contribution is 1.27.